The fourth-order valence-corrected chi connectivity index (χ4v) is 2.96. The third kappa shape index (κ3) is 4.74. The number of nitrogens with two attached hydrogens (primary N) is 1. The van der Waals surface area contributed by atoms with Crippen molar-refractivity contribution < 1.29 is 4.79 Å². The van der Waals surface area contributed by atoms with Crippen LogP contribution in [0.1, 0.15) is 32.3 Å². The van der Waals surface area contributed by atoms with E-state index in [1.807, 2.05) is 24.3 Å². The third-order valence-electron chi connectivity index (χ3n) is 4.23. The molecule has 4 heteroatoms. The predicted molar refractivity (Wildman–Crippen MR) is 87.0 cm³/mol. The Morgan fingerprint density at radius 1 is 1.24 bits per heavy atom. The summed E-state index contributed by atoms with van der Waals surface area (Å²) in [5, 5.41) is 3.09. The number of rotatable bonds is 6. The molecule has 1 saturated heterocycles. The van der Waals surface area contributed by atoms with Crippen LogP contribution in [0.25, 0.3) is 0 Å². The lowest BCUT2D eigenvalue weighted by molar-refractivity contribution is -0.120. The highest BCUT2D eigenvalue weighted by molar-refractivity contribution is 5.78. The van der Waals surface area contributed by atoms with Gasteiger partial charge in [0.05, 0.1) is 6.42 Å². The van der Waals surface area contributed by atoms with Crippen molar-refractivity contribution in [2.24, 2.45) is 5.92 Å². The van der Waals surface area contributed by atoms with E-state index in [0.717, 1.165) is 30.9 Å². The molecule has 1 heterocycles. The van der Waals surface area contributed by atoms with Crippen molar-refractivity contribution in [2.75, 3.05) is 25.4 Å². The van der Waals surface area contributed by atoms with Crippen LogP contribution in [0.2, 0.25) is 0 Å². The summed E-state index contributed by atoms with van der Waals surface area (Å²) >= 11 is 0. The molecule has 2 rings (SSSR count). The third-order valence-corrected chi connectivity index (χ3v) is 4.23. The first-order chi connectivity index (χ1) is 10.1. The zero-order valence-electron chi connectivity index (χ0n) is 13.1. The molecule has 0 aliphatic carbocycles. The molecule has 0 bridgehead atoms. The number of hydrogen-bond acceptors (Lipinski definition) is 3. The molecular weight excluding hydrogens is 262 g/mol. The maximum atomic E-state index is 12.1. The standard InChI is InChI=1S/C17H27N3O/c1-13(2)16(20-9-3-4-10-20)12-19-17(21)11-14-5-7-15(18)8-6-14/h5-8,13,16H,3-4,9-12,18H2,1-2H3,(H,19,21). The minimum atomic E-state index is 0.0876. The average molecular weight is 289 g/mol. The van der Waals surface area contributed by atoms with Crippen LogP contribution in [0.15, 0.2) is 24.3 Å². The summed E-state index contributed by atoms with van der Waals surface area (Å²) in [4.78, 5) is 14.6. The second-order valence-corrected chi connectivity index (χ2v) is 6.28. The minimum absolute atomic E-state index is 0.0876. The van der Waals surface area contributed by atoms with Crippen LogP contribution in [0.4, 0.5) is 5.69 Å². The molecular formula is C17H27N3O. The number of hydrogen-bond donors (Lipinski definition) is 2. The Kier molecular flexibility index (Phi) is 5.62. The molecule has 1 atom stereocenters. The number of carbonyl (C=O) groups is 1. The normalized spacial score (nSPS) is 17.1. The molecule has 1 aliphatic rings. The van der Waals surface area contributed by atoms with Gasteiger partial charge in [-0.1, -0.05) is 26.0 Å². The first kappa shape index (κ1) is 15.8. The van der Waals surface area contributed by atoms with Gasteiger partial charge in [0.2, 0.25) is 5.91 Å². The van der Waals surface area contributed by atoms with E-state index in [-0.39, 0.29) is 5.91 Å². The van der Waals surface area contributed by atoms with E-state index < -0.39 is 0 Å². The van der Waals surface area contributed by atoms with Crippen LogP contribution < -0.4 is 11.1 Å². The van der Waals surface area contributed by atoms with Crippen LogP contribution in [0.3, 0.4) is 0 Å². The Hall–Kier alpha value is -1.55. The molecule has 0 aromatic heterocycles. The van der Waals surface area contributed by atoms with Gasteiger partial charge in [-0.25, -0.2) is 0 Å². The van der Waals surface area contributed by atoms with Crippen LogP contribution in [-0.4, -0.2) is 36.5 Å². The lowest BCUT2D eigenvalue weighted by Crippen LogP contribution is -2.45. The molecule has 0 radical (unpaired) electrons. The Balaban J connectivity index is 1.82. The van der Waals surface area contributed by atoms with Gasteiger partial charge in [-0.15, -0.1) is 0 Å². The van der Waals surface area contributed by atoms with Gasteiger partial charge in [-0.3, -0.25) is 9.69 Å². The molecule has 1 aromatic carbocycles. The minimum Gasteiger partial charge on any atom is -0.399 e. The van der Waals surface area contributed by atoms with Crippen LogP contribution in [0.5, 0.6) is 0 Å². The van der Waals surface area contributed by atoms with E-state index in [2.05, 4.69) is 24.1 Å². The topological polar surface area (TPSA) is 58.4 Å². The summed E-state index contributed by atoms with van der Waals surface area (Å²) in [7, 11) is 0. The SMILES string of the molecule is CC(C)C(CNC(=O)Cc1ccc(N)cc1)N1CCCC1. The summed E-state index contributed by atoms with van der Waals surface area (Å²) in [6, 6.07) is 7.95. The summed E-state index contributed by atoms with van der Waals surface area (Å²) in [6.45, 7) is 7.53. The van der Waals surface area contributed by atoms with Crippen molar-refractivity contribution >= 4 is 11.6 Å². The van der Waals surface area contributed by atoms with E-state index >= 15 is 0 Å². The van der Waals surface area contributed by atoms with E-state index in [4.69, 9.17) is 5.73 Å². The first-order valence-corrected chi connectivity index (χ1v) is 7.91. The summed E-state index contributed by atoms with van der Waals surface area (Å²) in [5.41, 5.74) is 7.39. The van der Waals surface area contributed by atoms with Gasteiger partial charge in [0.25, 0.3) is 0 Å². The molecule has 21 heavy (non-hydrogen) atoms. The van der Waals surface area contributed by atoms with E-state index in [1.165, 1.54) is 12.8 Å². The van der Waals surface area contributed by atoms with Gasteiger partial charge < -0.3 is 11.1 Å². The molecule has 0 saturated carbocycles. The number of anilines is 1. The number of nitrogen functional groups attached to an aromatic ring is 1. The van der Waals surface area contributed by atoms with Gasteiger partial charge in [0.15, 0.2) is 0 Å². The largest absolute Gasteiger partial charge is 0.399 e. The van der Waals surface area contributed by atoms with Crippen molar-refractivity contribution in [3.63, 3.8) is 0 Å². The average Bonchev–Trinajstić information content (AvgIpc) is 2.95. The molecule has 3 N–H and O–H groups in total. The van der Waals surface area contributed by atoms with E-state index in [0.29, 0.717) is 18.4 Å². The van der Waals surface area contributed by atoms with Gasteiger partial charge in [0.1, 0.15) is 0 Å². The molecule has 4 nitrogen and oxygen atoms in total. The Labute approximate surface area is 127 Å². The summed E-state index contributed by atoms with van der Waals surface area (Å²) < 4.78 is 0. The lowest BCUT2D eigenvalue weighted by Gasteiger charge is -2.31. The van der Waals surface area contributed by atoms with Crippen molar-refractivity contribution in [1.82, 2.24) is 10.2 Å². The molecule has 1 aliphatic heterocycles. The number of nitrogens with one attached hydrogen (secondary N) is 1. The highest BCUT2D eigenvalue weighted by atomic mass is 16.1. The Morgan fingerprint density at radius 2 is 1.86 bits per heavy atom. The van der Waals surface area contributed by atoms with Crippen molar-refractivity contribution in [3.8, 4) is 0 Å². The number of likely N-dealkylation sites (tertiary alicyclic amines) is 1. The number of benzene rings is 1. The fourth-order valence-electron chi connectivity index (χ4n) is 2.96. The highest BCUT2D eigenvalue weighted by Gasteiger charge is 2.24. The lowest BCUT2D eigenvalue weighted by atomic mass is 10.0. The van der Waals surface area contributed by atoms with E-state index in [9.17, 15) is 4.79 Å². The molecule has 116 valence electrons. The maximum Gasteiger partial charge on any atom is 0.224 e. The van der Waals surface area contributed by atoms with Crippen molar-refractivity contribution in [1.29, 1.82) is 0 Å². The first-order valence-electron chi connectivity index (χ1n) is 7.91. The summed E-state index contributed by atoms with van der Waals surface area (Å²) in [5.74, 6) is 0.643. The predicted octanol–water partition coefficient (Wildman–Crippen LogP) is 2.05. The van der Waals surface area contributed by atoms with Gasteiger partial charge in [0, 0.05) is 18.3 Å². The van der Waals surface area contributed by atoms with Gasteiger partial charge in [-0.05, 0) is 49.5 Å². The monoisotopic (exact) mass is 289 g/mol. The van der Waals surface area contributed by atoms with Gasteiger partial charge in [-0.2, -0.15) is 0 Å². The second kappa shape index (κ2) is 7.46. The zero-order valence-corrected chi connectivity index (χ0v) is 13.1. The molecule has 1 amide bonds. The zero-order chi connectivity index (χ0) is 15.2. The van der Waals surface area contributed by atoms with Gasteiger partial charge >= 0.3 is 0 Å². The van der Waals surface area contributed by atoms with Crippen molar-refractivity contribution in [2.45, 2.75) is 39.2 Å². The number of carbonyl (C=O) groups excluding carboxylic acids is 1. The van der Waals surface area contributed by atoms with Crippen molar-refractivity contribution in [3.05, 3.63) is 29.8 Å². The Morgan fingerprint density at radius 3 is 2.43 bits per heavy atom. The molecule has 1 unspecified atom stereocenters. The van der Waals surface area contributed by atoms with E-state index in [1.54, 1.807) is 0 Å². The smallest absolute Gasteiger partial charge is 0.224 e. The Bertz CT molecular complexity index is 450. The highest BCUT2D eigenvalue weighted by Crippen LogP contribution is 2.17. The number of amides is 1. The number of nitrogens with zero attached hydrogens (tertiary/aromatic N) is 1. The molecule has 1 fully saturated rings. The summed E-state index contributed by atoms with van der Waals surface area (Å²) in [6.07, 6.45) is 2.98. The quantitative estimate of drug-likeness (QED) is 0.788. The second-order valence-electron chi connectivity index (χ2n) is 6.28. The maximum absolute atomic E-state index is 12.1. The van der Waals surface area contributed by atoms with Crippen LogP contribution >= 0.6 is 0 Å². The molecule has 0 spiro atoms. The molecule has 1 aromatic rings. The van der Waals surface area contributed by atoms with Crippen LogP contribution in [0, 0.1) is 5.92 Å². The fraction of sp³-hybridized carbons (Fsp3) is 0.588. The van der Waals surface area contributed by atoms with Crippen LogP contribution in [-0.2, 0) is 11.2 Å².